The predicted molar refractivity (Wildman–Crippen MR) is 65.3 cm³/mol. The van der Waals surface area contributed by atoms with Crippen molar-refractivity contribution in [1.82, 2.24) is 4.98 Å². The van der Waals surface area contributed by atoms with Gasteiger partial charge in [0.1, 0.15) is 17.5 Å². The van der Waals surface area contributed by atoms with Crippen LogP contribution in [0.2, 0.25) is 0 Å². The highest BCUT2D eigenvalue weighted by molar-refractivity contribution is 7.11. The van der Waals surface area contributed by atoms with Crippen LogP contribution in [0.3, 0.4) is 0 Å². The number of hydrogen-bond acceptors (Lipinski definition) is 2. The standard InChI is InChI=1S/C13H12F3NS/c1-7(2)12-6-17-13(18-12)5-9-10(15)3-8(14)4-11(9)16/h3-4,6-7H,5H2,1-2H3. The molecule has 5 heteroatoms. The third kappa shape index (κ3) is 2.72. The highest BCUT2D eigenvalue weighted by Gasteiger charge is 2.14. The molecule has 2 rings (SSSR count). The second-order valence-electron chi connectivity index (χ2n) is 4.34. The molecule has 0 saturated heterocycles. The van der Waals surface area contributed by atoms with Gasteiger partial charge < -0.3 is 0 Å². The van der Waals surface area contributed by atoms with Crippen LogP contribution in [-0.2, 0) is 6.42 Å². The Bertz CT molecular complexity index is 540. The smallest absolute Gasteiger partial charge is 0.132 e. The predicted octanol–water partition coefficient (Wildman–Crippen LogP) is 4.27. The van der Waals surface area contributed by atoms with Crippen LogP contribution >= 0.6 is 11.3 Å². The molecule has 0 fully saturated rings. The second kappa shape index (κ2) is 5.10. The first-order chi connectivity index (χ1) is 8.47. The third-order valence-electron chi connectivity index (χ3n) is 2.57. The Hall–Kier alpha value is -1.36. The maximum absolute atomic E-state index is 13.5. The van der Waals surface area contributed by atoms with Gasteiger partial charge in [0.25, 0.3) is 0 Å². The molecule has 0 aliphatic rings. The molecule has 0 spiro atoms. The van der Waals surface area contributed by atoms with Crippen molar-refractivity contribution in [3.05, 3.63) is 51.2 Å². The second-order valence-corrected chi connectivity index (χ2v) is 5.48. The zero-order valence-electron chi connectivity index (χ0n) is 10.0. The van der Waals surface area contributed by atoms with Crippen LogP contribution in [-0.4, -0.2) is 4.98 Å². The Balaban J connectivity index is 2.28. The fraction of sp³-hybridized carbons (Fsp3) is 0.308. The summed E-state index contributed by atoms with van der Waals surface area (Å²) in [4.78, 5) is 5.19. The molecule has 2 aromatic rings. The van der Waals surface area contributed by atoms with Gasteiger partial charge in [0.05, 0.1) is 5.01 Å². The Kier molecular flexibility index (Phi) is 3.71. The van der Waals surface area contributed by atoms with Crippen LogP contribution in [0.4, 0.5) is 13.2 Å². The van der Waals surface area contributed by atoms with Crippen LogP contribution < -0.4 is 0 Å². The largest absolute Gasteiger partial charge is 0.249 e. The zero-order valence-corrected chi connectivity index (χ0v) is 10.8. The fourth-order valence-corrected chi connectivity index (χ4v) is 2.50. The summed E-state index contributed by atoms with van der Waals surface area (Å²) in [5.41, 5.74) is -0.138. The minimum Gasteiger partial charge on any atom is -0.249 e. The molecule has 18 heavy (non-hydrogen) atoms. The molecule has 96 valence electrons. The molecular weight excluding hydrogens is 259 g/mol. The Labute approximate surface area is 107 Å². The number of nitrogens with zero attached hydrogens (tertiary/aromatic N) is 1. The van der Waals surface area contributed by atoms with E-state index in [1.165, 1.54) is 11.3 Å². The molecule has 1 nitrogen and oxygen atoms in total. The summed E-state index contributed by atoms with van der Waals surface area (Å²) in [5.74, 6) is -2.31. The average molecular weight is 271 g/mol. The van der Waals surface area contributed by atoms with Gasteiger partial charge in [0.15, 0.2) is 0 Å². The van der Waals surface area contributed by atoms with Gasteiger partial charge in [-0.2, -0.15) is 0 Å². The van der Waals surface area contributed by atoms with Crippen molar-refractivity contribution >= 4 is 11.3 Å². The van der Waals surface area contributed by atoms with Gasteiger partial charge in [-0.15, -0.1) is 11.3 Å². The normalized spacial score (nSPS) is 11.2. The number of rotatable bonds is 3. The van der Waals surface area contributed by atoms with Gasteiger partial charge >= 0.3 is 0 Å². The fourth-order valence-electron chi connectivity index (χ4n) is 1.57. The maximum Gasteiger partial charge on any atom is 0.132 e. The molecule has 0 saturated carbocycles. The lowest BCUT2D eigenvalue weighted by Crippen LogP contribution is -1.98. The summed E-state index contributed by atoms with van der Waals surface area (Å²) in [6, 6.07) is 1.38. The summed E-state index contributed by atoms with van der Waals surface area (Å²) in [7, 11) is 0. The first-order valence-corrected chi connectivity index (χ1v) is 6.37. The molecule has 0 amide bonds. The van der Waals surface area contributed by atoms with E-state index in [-0.39, 0.29) is 12.0 Å². The lowest BCUT2D eigenvalue weighted by Gasteiger charge is -2.03. The molecule has 0 radical (unpaired) electrons. The maximum atomic E-state index is 13.5. The van der Waals surface area contributed by atoms with Gasteiger partial charge in [-0.05, 0) is 5.92 Å². The minimum atomic E-state index is -0.907. The lowest BCUT2D eigenvalue weighted by molar-refractivity contribution is 0.527. The van der Waals surface area contributed by atoms with Crippen molar-refractivity contribution in [2.24, 2.45) is 0 Å². The van der Waals surface area contributed by atoms with Crippen LogP contribution in [0.15, 0.2) is 18.3 Å². The molecule has 0 atom stereocenters. The van der Waals surface area contributed by atoms with Gasteiger partial charge in [-0.3, -0.25) is 0 Å². The summed E-state index contributed by atoms with van der Waals surface area (Å²) < 4.78 is 39.7. The van der Waals surface area contributed by atoms with Gasteiger partial charge in [0.2, 0.25) is 0 Å². The van der Waals surface area contributed by atoms with E-state index in [0.717, 1.165) is 4.88 Å². The van der Waals surface area contributed by atoms with E-state index in [1.54, 1.807) is 6.20 Å². The molecule has 0 bridgehead atoms. The topological polar surface area (TPSA) is 12.9 Å². The van der Waals surface area contributed by atoms with E-state index >= 15 is 0 Å². The Morgan fingerprint density at radius 3 is 2.28 bits per heavy atom. The summed E-state index contributed by atoms with van der Waals surface area (Å²) in [6.07, 6.45) is 1.76. The average Bonchev–Trinajstić information content (AvgIpc) is 2.71. The number of halogens is 3. The molecule has 1 aromatic heterocycles. The van der Waals surface area contributed by atoms with Gasteiger partial charge in [-0.25, -0.2) is 18.2 Å². The number of benzene rings is 1. The van der Waals surface area contributed by atoms with Crippen molar-refractivity contribution < 1.29 is 13.2 Å². The molecule has 0 N–H and O–H groups in total. The molecule has 1 heterocycles. The number of aromatic nitrogens is 1. The van der Waals surface area contributed by atoms with E-state index in [0.29, 0.717) is 23.1 Å². The quantitative estimate of drug-likeness (QED) is 0.812. The van der Waals surface area contributed by atoms with Crippen molar-refractivity contribution in [2.45, 2.75) is 26.2 Å². The molecular formula is C13H12F3NS. The number of hydrogen-bond donors (Lipinski definition) is 0. The van der Waals surface area contributed by atoms with Crippen molar-refractivity contribution in [3.8, 4) is 0 Å². The molecule has 0 aliphatic heterocycles. The van der Waals surface area contributed by atoms with Crippen LogP contribution in [0.5, 0.6) is 0 Å². The summed E-state index contributed by atoms with van der Waals surface area (Å²) in [5, 5.41) is 0.628. The summed E-state index contributed by atoms with van der Waals surface area (Å²) >= 11 is 1.42. The highest BCUT2D eigenvalue weighted by atomic mass is 32.1. The number of thiazole rings is 1. The minimum absolute atomic E-state index is 0.0509. The van der Waals surface area contributed by atoms with Crippen molar-refractivity contribution in [2.75, 3.05) is 0 Å². The van der Waals surface area contributed by atoms with Gasteiger partial charge in [0, 0.05) is 35.2 Å². The van der Waals surface area contributed by atoms with Crippen molar-refractivity contribution in [1.29, 1.82) is 0 Å². The SMILES string of the molecule is CC(C)c1cnc(Cc2c(F)cc(F)cc2F)s1. The Morgan fingerprint density at radius 1 is 1.17 bits per heavy atom. The van der Waals surface area contributed by atoms with Crippen molar-refractivity contribution in [3.63, 3.8) is 0 Å². The molecule has 0 unspecified atom stereocenters. The molecule has 1 aromatic carbocycles. The lowest BCUT2D eigenvalue weighted by atomic mass is 10.1. The first kappa shape index (κ1) is 13.1. The van der Waals surface area contributed by atoms with Crippen LogP contribution in [0, 0.1) is 17.5 Å². The third-order valence-corrected chi connectivity index (χ3v) is 3.87. The van der Waals surface area contributed by atoms with E-state index < -0.39 is 17.5 Å². The van der Waals surface area contributed by atoms with E-state index in [1.807, 2.05) is 13.8 Å². The van der Waals surface area contributed by atoms with Crippen LogP contribution in [0.1, 0.15) is 35.2 Å². The van der Waals surface area contributed by atoms with E-state index in [9.17, 15) is 13.2 Å². The van der Waals surface area contributed by atoms with Gasteiger partial charge in [-0.1, -0.05) is 13.8 Å². The Morgan fingerprint density at radius 2 is 1.78 bits per heavy atom. The van der Waals surface area contributed by atoms with Crippen LogP contribution in [0.25, 0.3) is 0 Å². The first-order valence-electron chi connectivity index (χ1n) is 5.55. The highest BCUT2D eigenvalue weighted by Crippen LogP contribution is 2.25. The monoisotopic (exact) mass is 271 g/mol. The summed E-state index contributed by atoms with van der Waals surface area (Å²) in [6.45, 7) is 4.05. The molecule has 0 aliphatic carbocycles. The van der Waals surface area contributed by atoms with E-state index in [2.05, 4.69) is 4.98 Å². The zero-order chi connectivity index (χ0) is 13.3. The van der Waals surface area contributed by atoms with E-state index in [4.69, 9.17) is 0 Å².